The number of amidine groups is 1. The van der Waals surface area contributed by atoms with Crippen molar-refractivity contribution in [1.29, 1.82) is 0 Å². The van der Waals surface area contributed by atoms with Gasteiger partial charge in [0.15, 0.2) is 5.17 Å². The molecule has 0 fully saturated rings. The number of carbonyl (C=O) groups excluding carboxylic acids is 1. The number of fused-ring (bicyclic) bond motifs is 1. The quantitative estimate of drug-likeness (QED) is 0.733. The lowest BCUT2D eigenvalue weighted by Crippen LogP contribution is -2.22. The highest BCUT2D eigenvalue weighted by atomic mass is 35.5. The summed E-state index contributed by atoms with van der Waals surface area (Å²) < 4.78 is 38.6. The van der Waals surface area contributed by atoms with Crippen LogP contribution in [-0.2, 0) is 14.8 Å². The molecule has 0 radical (unpaired) electrons. The Morgan fingerprint density at radius 2 is 2.00 bits per heavy atom. The van der Waals surface area contributed by atoms with E-state index in [-0.39, 0.29) is 21.7 Å². The molecule has 1 amide bonds. The Hall–Kier alpha value is -2.43. The number of nitrogens with zero attached hydrogens (tertiary/aromatic N) is 1. The summed E-state index contributed by atoms with van der Waals surface area (Å²) in [5.74, 6) is 0.606. The highest BCUT2D eigenvalue weighted by molar-refractivity contribution is 8.15. The van der Waals surface area contributed by atoms with Crippen LogP contribution in [-0.4, -0.2) is 39.5 Å². The second-order valence-corrected chi connectivity index (χ2v) is 8.51. The number of halogens is 1. The predicted molar refractivity (Wildman–Crippen MR) is 110 cm³/mol. The van der Waals surface area contributed by atoms with Gasteiger partial charge in [0.2, 0.25) is 5.91 Å². The van der Waals surface area contributed by atoms with Crippen LogP contribution < -0.4 is 20.1 Å². The van der Waals surface area contributed by atoms with Crippen molar-refractivity contribution in [3.63, 3.8) is 0 Å². The van der Waals surface area contributed by atoms with Crippen molar-refractivity contribution in [3.05, 3.63) is 41.4 Å². The number of anilines is 2. The number of benzene rings is 2. The van der Waals surface area contributed by atoms with E-state index in [4.69, 9.17) is 21.1 Å². The molecule has 0 saturated carbocycles. The molecular weight excluding hydrogens is 426 g/mol. The molecule has 0 aliphatic carbocycles. The van der Waals surface area contributed by atoms with Crippen LogP contribution in [0.1, 0.15) is 0 Å². The van der Waals surface area contributed by atoms with Gasteiger partial charge in [-0.25, -0.2) is 0 Å². The second-order valence-electron chi connectivity index (χ2n) is 5.54. The number of hydrogen-bond acceptors (Lipinski definition) is 7. The molecule has 2 aromatic carbocycles. The summed E-state index contributed by atoms with van der Waals surface area (Å²) in [6.07, 6.45) is 0. The van der Waals surface area contributed by atoms with E-state index in [0.29, 0.717) is 27.9 Å². The first kappa shape index (κ1) is 20.3. The lowest BCUT2D eigenvalue weighted by atomic mass is 10.2. The van der Waals surface area contributed by atoms with Gasteiger partial charge in [0.1, 0.15) is 16.4 Å². The summed E-state index contributed by atoms with van der Waals surface area (Å²) in [5.41, 5.74) is 0.801. The van der Waals surface area contributed by atoms with Gasteiger partial charge < -0.3 is 20.1 Å². The third-order valence-electron chi connectivity index (χ3n) is 3.69. The van der Waals surface area contributed by atoms with Crippen molar-refractivity contribution < 1.29 is 22.7 Å². The SMILES string of the molecule is COc1ccc(OC)c(NC(=O)CSC2=NS(=O)(=O)c3cc(Cl)ccc3N2)c1. The minimum atomic E-state index is -3.89. The van der Waals surface area contributed by atoms with E-state index in [1.54, 1.807) is 30.3 Å². The van der Waals surface area contributed by atoms with Crippen LogP contribution in [0.15, 0.2) is 45.7 Å². The van der Waals surface area contributed by atoms with E-state index in [1.807, 2.05) is 0 Å². The average Bonchev–Trinajstić information content (AvgIpc) is 2.66. The molecule has 1 heterocycles. The van der Waals surface area contributed by atoms with Gasteiger partial charge in [0.05, 0.1) is 31.3 Å². The summed E-state index contributed by atoms with van der Waals surface area (Å²) in [6, 6.07) is 9.44. The van der Waals surface area contributed by atoms with Crippen LogP contribution >= 0.6 is 23.4 Å². The van der Waals surface area contributed by atoms with E-state index in [9.17, 15) is 13.2 Å². The van der Waals surface area contributed by atoms with Crippen LogP contribution in [0.2, 0.25) is 5.02 Å². The van der Waals surface area contributed by atoms with Crippen LogP contribution in [0.5, 0.6) is 11.5 Å². The monoisotopic (exact) mass is 441 g/mol. The highest BCUT2D eigenvalue weighted by Gasteiger charge is 2.25. The number of nitrogens with one attached hydrogen (secondary N) is 2. The van der Waals surface area contributed by atoms with E-state index < -0.39 is 10.0 Å². The number of rotatable bonds is 5. The number of ether oxygens (including phenoxy) is 2. The third kappa shape index (κ3) is 4.51. The van der Waals surface area contributed by atoms with Gasteiger partial charge in [-0.15, -0.1) is 4.40 Å². The molecule has 28 heavy (non-hydrogen) atoms. The maximum Gasteiger partial charge on any atom is 0.286 e. The summed E-state index contributed by atoms with van der Waals surface area (Å²) >= 11 is 6.81. The first-order valence-electron chi connectivity index (χ1n) is 7.88. The molecule has 1 aliphatic heterocycles. The zero-order valence-corrected chi connectivity index (χ0v) is 17.2. The molecule has 11 heteroatoms. The first-order valence-corrected chi connectivity index (χ1v) is 10.7. The van der Waals surface area contributed by atoms with Crippen molar-refractivity contribution >= 4 is 55.8 Å². The van der Waals surface area contributed by atoms with Crippen LogP contribution in [0.3, 0.4) is 0 Å². The molecule has 0 aromatic heterocycles. The van der Waals surface area contributed by atoms with Crippen LogP contribution in [0.25, 0.3) is 0 Å². The van der Waals surface area contributed by atoms with Gasteiger partial charge >= 0.3 is 0 Å². The minimum absolute atomic E-state index is 0.00471. The molecule has 0 unspecified atom stereocenters. The Labute approximate surface area is 171 Å². The summed E-state index contributed by atoms with van der Waals surface area (Å²) in [7, 11) is -0.885. The lowest BCUT2D eigenvalue weighted by Gasteiger charge is -2.17. The number of amides is 1. The maximum atomic E-state index is 12.3. The summed E-state index contributed by atoms with van der Waals surface area (Å²) in [6.45, 7) is 0. The Morgan fingerprint density at radius 1 is 1.21 bits per heavy atom. The van der Waals surface area contributed by atoms with E-state index in [0.717, 1.165) is 11.8 Å². The van der Waals surface area contributed by atoms with E-state index in [2.05, 4.69) is 15.0 Å². The largest absolute Gasteiger partial charge is 0.497 e. The summed E-state index contributed by atoms with van der Waals surface area (Å²) in [4.78, 5) is 12.3. The minimum Gasteiger partial charge on any atom is -0.497 e. The van der Waals surface area contributed by atoms with Crippen molar-refractivity contribution in [2.24, 2.45) is 4.40 Å². The van der Waals surface area contributed by atoms with Gasteiger partial charge in [-0.2, -0.15) is 8.42 Å². The van der Waals surface area contributed by atoms with Crippen LogP contribution in [0.4, 0.5) is 11.4 Å². The molecule has 2 aromatic rings. The van der Waals surface area contributed by atoms with Crippen molar-refractivity contribution in [1.82, 2.24) is 0 Å². The number of hydrogen-bond donors (Lipinski definition) is 2. The Kier molecular flexibility index (Phi) is 6.01. The highest BCUT2D eigenvalue weighted by Crippen LogP contribution is 2.32. The van der Waals surface area contributed by atoms with Crippen LogP contribution in [0, 0.1) is 0 Å². The zero-order chi connectivity index (χ0) is 20.3. The standard InChI is InChI=1S/C17H16ClN3O5S2/c1-25-11-4-6-14(26-2)13(8-11)19-16(22)9-27-17-20-12-5-3-10(18)7-15(12)28(23,24)21-17/h3-8H,9H2,1-2H3,(H,19,22)(H,20,21). The molecule has 0 saturated heterocycles. The smallest absolute Gasteiger partial charge is 0.286 e. The fraction of sp³-hybridized carbons (Fsp3) is 0.176. The average molecular weight is 442 g/mol. The Balaban J connectivity index is 1.69. The topological polar surface area (TPSA) is 106 Å². The molecule has 1 aliphatic rings. The van der Waals surface area contributed by atoms with Gasteiger partial charge in [0.25, 0.3) is 10.0 Å². The molecule has 148 valence electrons. The van der Waals surface area contributed by atoms with Gasteiger partial charge in [-0.05, 0) is 30.3 Å². The Bertz CT molecular complexity index is 1060. The second kappa shape index (κ2) is 8.29. The van der Waals surface area contributed by atoms with Gasteiger partial charge in [-0.3, -0.25) is 4.79 Å². The fourth-order valence-electron chi connectivity index (χ4n) is 2.40. The van der Waals surface area contributed by atoms with Crippen molar-refractivity contribution in [2.45, 2.75) is 4.90 Å². The van der Waals surface area contributed by atoms with E-state index >= 15 is 0 Å². The number of sulfonamides is 1. The number of carbonyl (C=O) groups is 1. The predicted octanol–water partition coefficient (Wildman–Crippen LogP) is 3.20. The third-order valence-corrected chi connectivity index (χ3v) is 6.23. The lowest BCUT2D eigenvalue weighted by molar-refractivity contribution is -0.113. The zero-order valence-electron chi connectivity index (χ0n) is 14.9. The van der Waals surface area contributed by atoms with Crippen molar-refractivity contribution in [2.75, 3.05) is 30.6 Å². The number of thioether (sulfide) groups is 1. The van der Waals surface area contributed by atoms with Gasteiger partial charge in [0, 0.05) is 11.1 Å². The van der Waals surface area contributed by atoms with E-state index in [1.165, 1.54) is 20.3 Å². The Morgan fingerprint density at radius 3 is 2.71 bits per heavy atom. The summed E-state index contributed by atoms with van der Waals surface area (Å²) in [5, 5.41) is 5.99. The molecule has 0 spiro atoms. The molecular formula is C17H16ClN3O5S2. The molecule has 0 bridgehead atoms. The fourth-order valence-corrected chi connectivity index (χ4v) is 4.70. The molecule has 0 atom stereocenters. The maximum absolute atomic E-state index is 12.3. The van der Waals surface area contributed by atoms with Crippen molar-refractivity contribution in [3.8, 4) is 11.5 Å². The number of methoxy groups -OCH3 is 2. The normalized spacial score (nSPS) is 14.3. The van der Waals surface area contributed by atoms with Gasteiger partial charge in [-0.1, -0.05) is 23.4 Å². The molecule has 8 nitrogen and oxygen atoms in total. The molecule has 3 rings (SSSR count). The molecule has 2 N–H and O–H groups in total. The first-order chi connectivity index (χ1) is 13.3.